The Labute approximate surface area is 96.1 Å². The molecule has 0 spiro atoms. The molecule has 4 nitrogen and oxygen atoms in total. The van der Waals surface area contributed by atoms with Crippen LogP contribution < -0.4 is 0 Å². The fraction of sp³-hybridized carbons (Fsp3) is 0.833. The maximum absolute atomic E-state index is 10.4. The highest BCUT2D eigenvalue weighted by molar-refractivity contribution is 5.00. The van der Waals surface area contributed by atoms with E-state index in [-0.39, 0.29) is 5.92 Å². The van der Waals surface area contributed by atoms with Gasteiger partial charge in [-0.15, -0.1) is 0 Å². The van der Waals surface area contributed by atoms with E-state index in [4.69, 9.17) is 4.52 Å². The van der Waals surface area contributed by atoms with Gasteiger partial charge in [-0.1, -0.05) is 32.3 Å². The molecule has 0 unspecified atom stereocenters. The maximum atomic E-state index is 10.4. The van der Waals surface area contributed by atoms with Gasteiger partial charge in [-0.25, -0.2) is 0 Å². The SMILES string of the molecule is CC(C)c1noc(C[C@@]2(O)CCC[C@@H]2C)n1. The van der Waals surface area contributed by atoms with Crippen LogP contribution >= 0.6 is 0 Å². The summed E-state index contributed by atoms with van der Waals surface area (Å²) in [7, 11) is 0. The summed E-state index contributed by atoms with van der Waals surface area (Å²) in [5.41, 5.74) is -0.638. The van der Waals surface area contributed by atoms with E-state index in [1.165, 1.54) is 0 Å². The molecule has 1 heterocycles. The maximum Gasteiger partial charge on any atom is 0.229 e. The molecule has 1 saturated carbocycles. The second-order valence-corrected chi connectivity index (χ2v) is 5.27. The lowest BCUT2D eigenvalue weighted by atomic mass is 9.89. The zero-order valence-electron chi connectivity index (χ0n) is 10.2. The monoisotopic (exact) mass is 224 g/mol. The summed E-state index contributed by atoms with van der Waals surface area (Å²) in [4.78, 5) is 4.32. The lowest BCUT2D eigenvalue weighted by Crippen LogP contribution is -2.34. The van der Waals surface area contributed by atoms with Gasteiger partial charge in [-0.3, -0.25) is 0 Å². The zero-order valence-corrected chi connectivity index (χ0v) is 10.2. The van der Waals surface area contributed by atoms with Crippen LogP contribution in [0.1, 0.15) is 57.7 Å². The minimum Gasteiger partial charge on any atom is -0.389 e. The minimum absolute atomic E-state index is 0.271. The summed E-state index contributed by atoms with van der Waals surface area (Å²) in [6.45, 7) is 6.15. The number of nitrogens with zero attached hydrogens (tertiary/aromatic N) is 2. The molecule has 1 fully saturated rings. The lowest BCUT2D eigenvalue weighted by molar-refractivity contribution is 0.00291. The Bertz CT molecular complexity index is 362. The van der Waals surface area contributed by atoms with Crippen LogP contribution in [0.5, 0.6) is 0 Å². The number of aromatic nitrogens is 2. The van der Waals surface area contributed by atoms with Crippen molar-refractivity contribution < 1.29 is 9.63 Å². The number of hydrogen-bond donors (Lipinski definition) is 1. The molecule has 0 radical (unpaired) electrons. The van der Waals surface area contributed by atoms with Crippen LogP contribution in [-0.4, -0.2) is 20.8 Å². The first-order valence-electron chi connectivity index (χ1n) is 6.06. The van der Waals surface area contributed by atoms with E-state index in [1.54, 1.807) is 0 Å². The van der Waals surface area contributed by atoms with E-state index in [2.05, 4.69) is 17.1 Å². The number of aliphatic hydroxyl groups is 1. The van der Waals surface area contributed by atoms with Crippen molar-refractivity contribution >= 4 is 0 Å². The second-order valence-electron chi connectivity index (χ2n) is 5.27. The van der Waals surface area contributed by atoms with Crippen LogP contribution in [0.2, 0.25) is 0 Å². The van der Waals surface area contributed by atoms with Gasteiger partial charge in [-0.2, -0.15) is 4.98 Å². The third-order valence-electron chi connectivity index (χ3n) is 3.62. The zero-order chi connectivity index (χ0) is 11.8. The largest absolute Gasteiger partial charge is 0.389 e. The van der Waals surface area contributed by atoms with Crippen molar-refractivity contribution in [2.45, 2.75) is 58.0 Å². The van der Waals surface area contributed by atoms with Crippen LogP contribution in [0.15, 0.2) is 4.52 Å². The summed E-state index contributed by atoms with van der Waals surface area (Å²) < 4.78 is 5.18. The van der Waals surface area contributed by atoms with Crippen molar-refractivity contribution in [3.63, 3.8) is 0 Å². The van der Waals surface area contributed by atoms with Gasteiger partial charge in [0.15, 0.2) is 5.82 Å². The summed E-state index contributed by atoms with van der Waals surface area (Å²) >= 11 is 0. The Hall–Kier alpha value is -0.900. The van der Waals surface area contributed by atoms with Crippen molar-refractivity contribution in [3.05, 3.63) is 11.7 Å². The highest BCUT2D eigenvalue weighted by Gasteiger charge is 2.39. The van der Waals surface area contributed by atoms with Gasteiger partial charge in [-0.05, 0) is 18.8 Å². The first kappa shape index (κ1) is 11.6. The van der Waals surface area contributed by atoms with Crippen LogP contribution in [0.25, 0.3) is 0 Å². The molecule has 1 aliphatic carbocycles. The highest BCUT2D eigenvalue weighted by atomic mass is 16.5. The first-order valence-corrected chi connectivity index (χ1v) is 6.06. The molecule has 1 N–H and O–H groups in total. The summed E-state index contributed by atoms with van der Waals surface area (Å²) in [6.07, 6.45) is 3.51. The Balaban J connectivity index is 2.08. The number of rotatable bonds is 3. The van der Waals surface area contributed by atoms with Gasteiger partial charge in [0.1, 0.15) is 0 Å². The summed E-state index contributed by atoms with van der Waals surface area (Å²) in [6, 6.07) is 0. The molecular formula is C12H20N2O2. The molecule has 0 saturated heterocycles. The first-order chi connectivity index (χ1) is 7.51. The van der Waals surface area contributed by atoms with E-state index < -0.39 is 5.60 Å². The summed E-state index contributed by atoms with van der Waals surface area (Å²) in [5, 5.41) is 14.3. The van der Waals surface area contributed by atoms with Gasteiger partial charge < -0.3 is 9.63 Å². The molecule has 0 amide bonds. The average Bonchev–Trinajstić information content (AvgIpc) is 2.76. The lowest BCUT2D eigenvalue weighted by Gasteiger charge is -2.25. The predicted molar refractivity (Wildman–Crippen MR) is 60.1 cm³/mol. The van der Waals surface area contributed by atoms with E-state index in [0.29, 0.717) is 18.2 Å². The fourth-order valence-corrected chi connectivity index (χ4v) is 2.33. The minimum atomic E-state index is -0.638. The van der Waals surface area contributed by atoms with Gasteiger partial charge in [0.2, 0.25) is 5.89 Å². The molecule has 1 aliphatic rings. The van der Waals surface area contributed by atoms with Crippen molar-refractivity contribution in [2.75, 3.05) is 0 Å². The number of hydrogen-bond acceptors (Lipinski definition) is 4. The molecule has 2 rings (SSSR count). The highest BCUT2D eigenvalue weighted by Crippen LogP contribution is 2.37. The summed E-state index contributed by atoms with van der Waals surface area (Å²) in [5.74, 6) is 1.89. The van der Waals surface area contributed by atoms with Gasteiger partial charge in [0, 0.05) is 5.92 Å². The van der Waals surface area contributed by atoms with E-state index in [0.717, 1.165) is 25.1 Å². The van der Waals surface area contributed by atoms with E-state index in [1.807, 2.05) is 13.8 Å². The molecule has 0 aromatic carbocycles. The topological polar surface area (TPSA) is 59.2 Å². The van der Waals surface area contributed by atoms with Crippen LogP contribution in [0.4, 0.5) is 0 Å². The van der Waals surface area contributed by atoms with Crippen LogP contribution in [0.3, 0.4) is 0 Å². The third kappa shape index (κ3) is 2.12. The predicted octanol–water partition coefficient (Wildman–Crippen LogP) is 2.29. The van der Waals surface area contributed by atoms with Gasteiger partial charge >= 0.3 is 0 Å². The van der Waals surface area contributed by atoms with E-state index in [9.17, 15) is 5.11 Å². The molecule has 16 heavy (non-hydrogen) atoms. The second kappa shape index (κ2) is 4.17. The van der Waals surface area contributed by atoms with Crippen molar-refractivity contribution in [1.29, 1.82) is 0 Å². The quantitative estimate of drug-likeness (QED) is 0.855. The Morgan fingerprint density at radius 3 is 2.81 bits per heavy atom. The van der Waals surface area contributed by atoms with Gasteiger partial charge in [0.05, 0.1) is 12.0 Å². The smallest absolute Gasteiger partial charge is 0.229 e. The Morgan fingerprint density at radius 1 is 1.56 bits per heavy atom. The molecule has 0 aliphatic heterocycles. The molecule has 0 bridgehead atoms. The van der Waals surface area contributed by atoms with Gasteiger partial charge in [0.25, 0.3) is 0 Å². The standard InChI is InChI=1S/C12H20N2O2/c1-8(2)11-13-10(16-14-11)7-12(15)6-4-5-9(12)3/h8-9,15H,4-7H2,1-3H3/t9-,12-/m0/s1. The molecule has 90 valence electrons. The van der Waals surface area contributed by atoms with Crippen molar-refractivity contribution in [3.8, 4) is 0 Å². The molecule has 1 aromatic heterocycles. The molecular weight excluding hydrogens is 204 g/mol. The average molecular weight is 224 g/mol. The molecule has 2 atom stereocenters. The fourth-order valence-electron chi connectivity index (χ4n) is 2.33. The Morgan fingerprint density at radius 2 is 2.31 bits per heavy atom. The Kier molecular flexibility index (Phi) is 3.02. The van der Waals surface area contributed by atoms with Crippen molar-refractivity contribution in [1.82, 2.24) is 10.1 Å². The molecule has 4 heteroatoms. The van der Waals surface area contributed by atoms with Crippen LogP contribution in [-0.2, 0) is 6.42 Å². The molecule has 1 aromatic rings. The normalized spacial score (nSPS) is 30.2. The van der Waals surface area contributed by atoms with Crippen molar-refractivity contribution in [2.24, 2.45) is 5.92 Å². The van der Waals surface area contributed by atoms with E-state index >= 15 is 0 Å². The third-order valence-corrected chi connectivity index (χ3v) is 3.62. The van der Waals surface area contributed by atoms with Crippen LogP contribution in [0, 0.1) is 5.92 Å².